The number of halogens is 1. The second-order valence-electron chi connectivity index (χ2n) is 7.86. The number of likely N-dealkylation sites (tertiary alicyclic amines) is 1. The average molecular weight is 448 g/mol. The van der Waals surface area contributed by atoms with Gasteiger partial charge in [-0.2, -0.15) is 0 Å². The summed E-state index contributed by atoms with van der Waals surface area (Å²) in [6.07, 6.45) is 1.26. The third kappa shape index (κ3) is 3.99. The fourth-order valence-electron chi connectivity index (χ4n) is 3.92. The topological polar surface area (TPSA) is 49.8 Å². The highest BCUT2D eigenvalue weighted by Crippen LogP contribution is 2.41. The van der Waals surface area contributed by atoms with E-state index in [1.54, 1.807) is 30.3 Å². The minimum absolute atomic E-state index is 0.0375. The van der Waals surface area contributed by atoms with Crippen molar-refractivity contribution < 1.29 is 19.0 Å². The summed E-state index contributed by atoms with van der Waals surface area (Å²) in [7, 11) is 0. The number of carbonyl (C=O) groups is 1. The molecule has 0 unspecified atom stereocenters. The highest BCUT2D eigenvalue weighted by molar-refractivity contribution is 7.21. The summed E-state index contributed by atoms with van der Waals surface area (Å²) in [6, 6.07) is 18.7. The molecule has 1 saturated heterocycles. The van der Waals surface area contributed by atoms with Crippen LogP contribution in [0.3, 0.4) is 0 Å². The molecule has 3 aromatic carbocycles. The Morgan fingerprint density at radius 3 is 2.56 bits per heavy atom. The van der Waals surface area contributed by atoms with Gasteiger partial charge in [0.15, 0.2) is 0 Å². The van der Waals surface area contributed by atoms with Crippen molar-refractivity contribution in [2.45, 2.75) is 6.42 Å². The number of nitrogens with zero attached hydrogens (tertiary/aromatic N) is 1. The molecule has 4 aromatic rings. The van der Waals surface area contributed by atoms with E-state index in [-0.39, 0.29) is 17.1 Å². The van der Waals surface area contributed by atoms with Crippen molar-refractivity contribution in [3.05, 3.63) is 83.0 Å². The van der Waals surface area contributed by atoms with Crippen LogP contribution in [0.5, 0.6) is 11.5 Å². The Balaban J connectivity index is 1.50. The second-order valence-corrected chi connectivity index (χ2v) is 8.92. The molecule has 0 radical (unpaired) electrons. The molecule has 0 spiro atoms. The van der Waals surface area contributed by atoms with E-state index in [1.165, 1.54) is 29.9 Å². The number of hydrogen-bond acceptors (Lipinski definition) is 5. The van der Waals surface area contributed by atoms with Crippen LogP contribution >= 0.6 is 11.3 Å². The first kappa shape index (κ1) is 20.7. The molecular formula is C26H22FNO3S. The lowest BCUT2D eigenvalue weighted by atomic mass is 9.98. The zero-order chi connectivity index (χ0) is 22.1. The van der Waals surface area contributed by atoms with Crippen LogP contribution in [0, 0.1) is 5.82 Å². The van der Waals surface area contributed by atoms with Gasteiger partial charge in [-0.15, -0.1) is 11.3 Å². The van der Waals surface area contributed by atoms with Crippen molar-refractivity contribution in [3.8, 4) is 22.6 Å². The molecule has 0 aliphatic carbocycles. The van der Waals surface area contributed by atoms with E-state index >= 15 is 0 Å². The first-order valence-electron chi connectivity index (χ1n) is 10.6. The number of thiophene rings is 1. The van der Waals surface area contributed by atoms with Crippen molar-refractivity contribution in [2.24, 2.45) is 0 Å². The van der Waals surface area contributed by atoms with E-state index < -0.39 is 5.82 Å². The van der Waals surface area contributed by atoms with E-state index in [0.717, 1.165) is 46.6 Å². The lowest BCUT2D eigenvalue weighted by molar-refractivity contribution is 0.103. The molecule has 6 heteroatoms. The van der Waals surface area contributed by atoms with Crippen LogP contribution < -0.4 is 4.74 Å². The van der Waals surface area contributed by atoms with Crippen molar-refractivity contribution in [1.82, 2.24) is 4.90 Å². The number of fused-ring (bicyclic) bond motifs is 1. The number of ketones is 1. The van der Waals surface area contributed by atoms with Crippen LogP contribution in [0.2, 0.25) is 0 Å². The quantitative estimate of drug-likeness (QED) is 0.368. The van der Waals surface area contributed by atoms with Gasteiger partial charge in [-0.05, 0) is 67.5 Å². The molecule has 32 heavy (non-hydrogen) atoms. The van der Waals surface area contributed by atoms with Gasteiger partial charge in [-0.1, -0.05) is 24.3 Å². The zero-order valence-corrected chi connectivity index (χ0v) is 18.2. The Hall–Kier alpha value is -3.22. The normalized spacial score (nSPS) is 13.8. The number of phenols is 1. The van der Waals surface area contributed by atoms with Gasteiger partial charge >= 0.3 is 0 Å². The van der Waals surface area contributed by atoms with Gasteiger partial charge in [0, 0.05) is 22.2 Å². The summed E-state index contributed by atoms with van der Waals surface area (Å²) in [5.41, 5.74) is 1.62. The number of carbonyl (C=O) groups excluding carboxylic acids is 1. The lowest BCUT2D eigenvalue weighted by Gasteiger charge is -2.30. The van der Waals surface area contributed by atoms with Gasteiger partial charge < -0.3 is 9.84 Å². The SMILES string of the molecule is O=C(c1ccccc1F)c1sc2cc(O)ccc2c1-c1ccc(OCCN2CCC2)cc1. The summed E-state index contributed by atoms with van der Waals surface area (Å²) in [6.45, 7) is 3.84. The molecule has 1 aromatic heterocycles. The molecule has 4 nitrogen and oxygen atoms in total. The van der Waals surface area contributed by atoms with Gasteiger partial charge in [0.1, 0.15) is 23.9 Å². The van der Waals surface area contributed by atoms with Crippen LogP contribution in [0.1, 0.15) is 21.7 Å². The minimum atomic E-state index is -0.547. The molecule has 1 aliphatic rings. The monoisotopic (exact) mass is 447 g/mol. The summed E-state index contributed by atoms with van der Waals surface area (Å²) in [5, 5.41) is 10.8. The summed E-state index contributed by atoms with van der Waals surface area (Å²) >= 11 is 1.26. The first-order chi connectivity index (χ1) is 15.6. The molecule has 2 heterocycles. The zero-order valence-electron chi connectivity index (χ0n) is 17.4. The maximum atomic E-state index is 14.4. The fourth-order valence-corrected chi connectivity index (χ4v) is 5.13. The number of rotatable bonds is 7. The van der Waals surface area contributed by atoms with Crippen molar-refractivity contribution in [3.63, 3.8) is 0 Å². The Morgan fingerprint density at radius 2 is 1.84 bits per heavy atom. The number of phenolic OH excluding ortho intramolecular Hbond substituents is 1. The summed E-state index contributed by atoms with van der Waals surface area (Å²) in [4.78, 5) is 16.1. The highest BCUT2D eigenvalue weighted by Gasteiger charge is 2.23. The number of aromatic hydroxyl groups is 1. The van der Waals surface area contributed by atoms with Gasteiger partial charge in [-0.3, -0.25) is 9.69 Å². The maximum Gasteiger partial charge on any atom is 0.206 e. The van der Waals surface area contributed by atoms with Gasteiger partial charge in [0.25, 0.3) is 0 Å². The predicted molar refractivity (Wildman–Crippen MR) is 125 cm³/mol. The Bertz CT molecular complexity index is 1280. The fraction of sp³-hybridized carbons (Fsp3) is 0.192. The van der Waals surface area contributed by atoms with Crippen molar-refractivity contribution >= 4 is 27.2 Å². The van der Waals surface area contributed by atoms with Crippen molar-refractivity contribution in [1.29, 1.82) is 0 Å². The number of ether oxygens (including phenoxy) is 1. The van der Waals surface area contributed by atoms with Crippen LogP contribution in [0.25, 0.3) is 21.2 Å². The van der Waals surface area contributed by atoms with E-state index in [9.17, 15) is 14.3 Å². The van der Waals surface area contributed by atoms with E-state index in [4.69, 9.17) is 4.74 Å². The van der Waals surface area contributed by atoms with Gasteiger partial charge in [-0.25, -0.2) is 4.39 Å². The van der Waals surface area contributed by atoms with E-state index in [1.807, 2.05) is 24.3 Å². The average Bonchev–Trinajstić information content (AvgIpc) is 3.14. The standard InChI is InChI=1S/C26H22FNO3S/c27-22-5-2-1-4-20(22)25(30)26-24(21-11-8-18(29)16-23(21)32-26)17-6-9-19(10-7-17)31-15-14-28-12-3-13-28/h1-2,4-11,16,29H,3,12-15H2. The molecule has 1 fully saturated rings. The summed E-state index contributed by atoms with van der Waals surface area (Å²) < 4.78 is 21.0. The van der Waals surface area contributed by atoms with Crippen LogP contribution in [0.15, 0.2) is 66.7 Å². The highest BCUT2D eigenvalue weighted by atomic mass is 32.1. The molecule has 162 valence electrons. The smallest absolute Gasteiger partial charge is 0.206 e. The third-order valence-electron chi connectivity index (χ3n) is 5.77. The first-order valence-corrected chi connectivity index (χ1v) is 11.4. The van der Waals surface area contributed by atoms with E-state index in [2.05, 4.69) is 4.90 Å². The molecule has 0 atom stereocenters. The van der Waals surface area contributed by atoms with Gasteiger partial charge in [0.05, 0.1) is 10.4 Å². The molecule has 5 rings (SSSR count). The largest absolute Gasteiger partial charge is 0.508 e. The van der Waals surface area contributed by atoms with Crippen LogP contribution in [-0.4, -0.2) is 42.0 Å². The lowest BCUT2D eigenvalue weighted by Crippen LogP contribution is -2.39. The van der Waals surface area contributed by atoms with E-state index in [0.29, 0.717) is 11.5 Å². The molecule has 1 aliphatic heterocycles. The van der Waals surface area contributed by atoms with Gasteiger partial charge in [0.2, 0.25) is 5.78 Å². The molecule has 0 saturated carbocycles. The minimum Gasteiger partial charge on any atom is -0.508 e. The second kappa shape index (κ2) is 8.73. The number of benzene rings is 3. The third-order valence-corrected chi connectivity index (χ3v) is 6.92. The molecular weight excluding hydrogens is 425 g/mol. The predicted octanol–water partition coefficient (Wildman–Crippen LogP) is 5.73. The molecule has 0 amide bonds. The maximum absolute atomic E-state index is 14.4. The van der Waals surface area contributed by atoms with Crippen LogP contribution in [-0.2, 0) is 0 Å². The molecule has 1 N–H and O–H groups in total. The molecule has 0 bridgehead atoms. The summed E-state index contributed by atoms with van der Waals surface area (Å²) in [5.74, 6) is -0.0158. The Kier molecular flexibility index (Phi) is 5.64. The van der Waals surface area contributed by atoms with Crippen LogP contribution in [0.4, 0.5) is 4.39 Å². The Morgan fingerprint density at radius 1 is 1.06 bits per heavy atom. The van der Waals surface area contributed by atoms with Crippen molar-refractivity contribution in [2.75, 3.05) is 26.2 Å². The number of hydrogen-bond donors (Lipinski definition) is 1. The Labute approximate surface area is 189 Å².